The first kappa shape index (κ1) is 16.7. The molecule has 1 aromatic carbocycles. The Labute approximate surface area is 130 Å². The topological polar surface area (TPSA) is 75.8 Å². The molecule has 122 valence electrons. The van der Waals surface area contributed by atoms with Gasteiger partial charge in [0.15, 0.2) is 0 Å². The van der Waals surface area contributed by atoms with Gasteiger partial charge in [-0.05, 0) is 39.3 Å². The monoisotopic (exact) mass is 308 g/mol. The van der Waals surface area contributed by atoms with Crippen LogP contribution in [0, 0.1) is 10.1 Å². The summed E-state index contributed by atoms with van der Waals surface area (Å²) in [6.45, 7) is 5.45. The zero-order chi connectivity index (χ0) is 16.1. The van der Waals surface area contributed by atoms with Crippen LogP contribution in [-0.4, -0.2) is 40.2 Å². The van der Waals surface area contributed by atoms with E-state index in [1.807, 2.05) is 13.8 Å². The minimum atomic E-state index is -0.387. The number of hydrogen-bond donors (Lipinski definition) is 1. The number of piperidine rings is 1. The van der Waals surface area contributed by atoms with Gasteiger partial charge in [-0.1, -0.05) is 6.42 Å². The molecule has 1 aliphatic rings. The van der Waals surface area contributed by atoms with Gasteiger partial charge in [-0.3, -0.25) is 15.0 Å². The lowest BCUT2D eigenvalue weighted by Gasteiger charge is -2.34. The largest absolute Gasteiger partial charge is 0.491 e. The van der Waals surface area contributed by atoms with E-state index in [2.05, 4.69) is 4.90 Å². The number of non-ortho nitro benzene ring substituents is 1. The summed E-state index contributed by atoms with van der Waals surface area (Å²) < 4.78 is 5.78. The molecule has 6 nitrogen and oxygen atoms in total. The highest BCUT2D eigenvalue weighted by Gasteiger charge is 2.24. The standard InChI is InChI=1S/C16H24N2O4/c1-12(2)22-16-7-6-14(18(20)21)9-13(16)10-17-8-4-3-5-15(17)11-19/h6-7,9,12,15,19H,3-5,8,10-11H2,1-2H3. The maximum Gasteiger partial charge on any atom is 0.270 e. The number of aliphatic hydroxyl groups is 1. The first-order chi connectivity index (χ1) is 10.5. The van der Waals surface area contributed by atoms with E-state index < -0.39 is 0 Å². The smallest absolute Gasteiger partial charge is 0.270 e. The van der Waals surface area contributed by atoms with Crippen molar-refractivity contribution in [1.29, 1.82) is 0 Å². The highest BCUT2D eigenvalue weighted by molar-refractivity contribution is 5.44. The zero-order valence-corrected chi connectivity index (χ0v) is 13.2. The van der Waals surface area contributed by atoms with Crippen molar-refractivity contribution in [2.45, 2.75) is 51.8 Å². The van der Waals surface area contributed by atoms with Gasteiger partial charge in [0.05, 0.1) is 17.6 Å². The fourth-order valence-corrected chi connectivity index (χ4v) is 2.87. The lowest BCUT2D eigenvalue weighted by molar-refractivity contribution is -0.385. The number of nitro groups is 1. The average molecular weight is 308 g/mol. The van der Waals surface area contributed by atoms with Gasteiger partial charge in [-0.25, -0.2) is 0 Å². The summed E-state index contributed by atoms with van der Waals surface area (Å²) in [4.78, 5) is 12.8. The molecular weight excluding hydrogens is 284 g/mol. The third kappa shape index (κ3) is 4.18. The molecule has 0 amide bonds. The van der Waals surface area contributed by atoms with Gasteiger partial charge < -0.3 is 9.84 Å². The molecule has 0 aromatic heterocycles. The van der Waals surface area contributed by atoms with Crippen LogP contribution < -0.4 is 4.74 Å². The number of nitro benzene ring substituents is 1. The molecule has 1 N–H and O–H groups in total. The number of aliphatic hydroxyl groups excluding tert-OH is 1. The Kier molecular flexibility index (Phi) is 5.74. The van der Waals surface area contributed by atoms with Crippen LogP contribution in [0.2, 0.25) is 0 Å². The molecule has 0 spiro atoms. The molecule has 2 rings (SSSR count). The zero-order valence-electron chi connectivity index (χ0n) is 13.2. The van der Waals surface area contributed by atoms with Gasteiger partial charge in [0.25, 0.3) is 5.69 Å². The van der Waals surface area contributed by atoms with Gasteiger partial charge in [-0.15, -0.1) is 0 Å². The summed E-state index contributed by atoms with van der Waals surface area (Å²) in [5.41, 5.74) is 0.881. The van der Waals surface area contributed by atoms with E-state index in [9.17, 15) is 15.2 Å². The summed E-state index contributed by atoms with van der Waals surface area (Å²) in [6, 6.07) is 4.85. The van der Waals surface area contributed by atoms with Gasteiger partial charge in [0.2, 0.25) is 0 Å². The van der Waals surface area contributed by atoms with Crippen LogP contribution in [0.15, 0.2) is 18.2 Å². The average Bonchev–Trinajstić information content (AvgIpc) is 2.49. The van der Waals surface area contributed by atoms with Crippen molar-refractivity contribution in [3.05, 3.63) is 33.9 Å². The molecule has 1 atom stereocenters. The van der Waals surface area contributed by atoms with Crippen LogP contribution in [0.1, 0.15) is 38.7 Å². The number of nitrogens with zero attached hydrogens (tertiary/aromatic N) is 2. The first-order valence-corrected chi connectivity index (χ1v) is 7.80. The van der Waals surface area contributed by atoms with Crippen molar-refractivity contribution in [3.63, 3.8) is 0 Å². The molecule has 0 aliphatic carbocycles. The van der Waals surface area contributed by atoms with Crippen molar-refractivity contribution >= 4 is 5.69 Å². The second-order valence-electron chi connectivity index (χ2n) is 6.02. The molecule has 0 bridgehead atoms. The predicted octanol–water partition coefficient (Wildman–Crippen LogP) is 2.73. The third-order valence-electron chi connectivity index (χ3n) is 3.95. The predicted molar refractivity (Wildman–Crippen MR) is 84.0 cm³/mol. The van der Waals surface area contributed by atoms with E-state index in [1.54, 1.807) is 12.1 Å². The summed E-state index contributed by atoms with van der Waals surface area (Å²) in [7, 11) is 0. The Bertz CT molecular complexity index is 519. The molecule has 1 heterocycles. The minimum Gasteiger partial charge on any atom is -0.491 e. The summed E-state index contributed by atoms with van der Waals surface area (Å²) in [5, 5.41) is 20.5. The van der Waals surface area contributed by atoms with Crippen LogP contribution in [0.3, 0.4) is 0 Å². The summed E-state index contributed by atoms with van der Waals surface area (Å²) in [6.07, 6.45) is 3.18. The minimum absolute atomic E-state index is 0.00945. The molecule has 1 saturated heterocycles. The molecule has 1 aliphatic heterocycles. The second-order valence-corrected chi connectivity index (χ2v) is 6.02. The fourth-order valence-electron chi connectivity index (χ4n) is 2.87. The molecule has 0 radical (unpaired) electrons. The number of ether oxygens (including phenoxy) is 1. The van der Waals surface area contributed by atoms with Crippen molar-refractivity contribution in [2.24, 2.45) is 0 Å². The quantitative estimate of drug-likeness (QED) is 0.646. The Morgan fingerprint density at radius 3 is 2.86 bits per heavy atom. The van der Waals surface area contributed by atoms with E-state index in [1.165, 1.54) is 6.07 Å². The van der Waals surface area contributed by atoms with E-state index >= 15 is 0 Å². The van der Waals surface area contributed by atoms with E-state index in [4.69, 9.17) is 4.74 Å². The Balaban J connectivity index is 2.25. The third-order valence-corrected chi connectivity index (χ3v) is 3.95. The van der Waals surface area contributed by atoms with Crippen LogP contribution in [0.25, 0.3) is 0 Å². The van der Waals surface area contributed by atoms with E-state index in [-0.39, 0.29) is 29.4 Å². The van der Waals surface area contributed by atoms with Crippen molar-refractivity contribution < 1.29 is 14.8 Å². The molecule has 6 heteroatoms. The normalized spacial score (nSPS) is 19.4. The molecule has 22 heavy (non-hydrogen) atoms. The highest BCUT2D eigenvalue weighted by Crippen LogP contribution is 2.28. The molecule has 1 aromatic rings. The summed E-state index contributed by atoms with van der Waals surface area (Å²) >= 11 is 0. The van der Waals surface area contributed by atoms with Gasteiger partial charge in [0, 0.05) is 30.3 Å². The summed E-state index contributed by atoms with van der Waals surface area (Å²) in [5.74, 6) is 0.683. The van der Waals surface area contributed by atoms with Crippen LogP contribution in [0.5, 0.6) is 5.75 Å². The fraction of sp³-hybridized carbons (Fsp3) is 0.625. The Morgan fingerprint density at radius 1 is 1.45 bits per heavy atom. The molecule has 1 fully saturated rings. The van der Waals surface area contributed by atoms with E-state index in [0.29, 0.717) is 12.3 Å². The van der Waals surface area contributed by atoms with Crippen LogP contribution in [0.4, 0.5) is 5.69 Å². The maximum atomic E-state index is 11.0. The van der Waals surface area contributed by atoms with E-state index in [0.717, 1.165) is 31.4 Å². The van der Waals surface area contributed by atoms with Crippen molar-refractivity contribution in [1.82, 2.24) is 4.90 Å². The number of likely N-dealkylation sites (tertiary alicyclic amines) is 1. The molecule has 1 unspecified atom stereocenters. The van der Waals surface area contributed by atoms with Crippen LogP contribution in [-0.2, 0) is 6.54 Å². The Hall–Kier alpha value is -1.66. The Morgan fingerprint density at radius 2 is 2.23 bits per heavy atom. The lowest BCUT2D eigenvalue weighted by atomic mass is 10.0. The van der Waals surface area contributed by atoms with Crippen molar-refractivity contribution in [3.8, 4) is 5.75 Å². The second kappa shape index (κ2) is 7.56. The number of hydrogen-bond acceptors (Lipinski definition) is 5. The first-order valence-electron chi connectivity index (χ1n) is 7.80. The lowest BCUT2D eigenvalue weighted by Crippen LogP contribution is -2.41. The van der Waals surface area contributed by atoms with Crippen molar-refractivity contribution in [2.75, 3.05) is 13.2 Å². The number of benzene rings is 1. The molecular formula is C16H24N2O4. The van der Waals surface area contributed by atoms with Gasteiger partial charge in [0.1, 0.15) is 5.75 Å². The number of rotatable bonds is 6. The SMILES string of the molecule is CC(C)Oc1ccc([N+](=O)[O-])cc1CN1CCCCC1CO. The molecule has 0 saturated carbocycles. The van der Waals surface area contributed by atoms with Crippen LogP contribution >= 0.6 is 0 Å². The van der Waals surface area contributed by atoms with Gasteiger partial charge in [-0.2, -0.15) is 0 Å². The van der Waals surface area contributed by atoms with Gasteiger partial charge >= 0.3 is 0 Å². The maximum absolute atomic E-state index is 11.0. The highest BCUT2D eigenvalue weighted by atomic mass is 16.6.